The van der Waals surface area contributed by atoms with Crippen LogP contribution in [-0.2, 0) is 14.3 Å². The van der Waals surface area contributed by atoms with E-state index < -0.39 is 0 Å². The number of hydrogen-bond donors (Lipinski definition) is 3. The summed E-state index contributed by atoms with van der Waals surface area (Å²) in [5, 5.41) is 8.33. The first-order valence-electron chi connectivity index (χ1n) is 15.1. The molecule has 0 radical (unpaired) electrons. The van der Waals surface area contributed by atoms with Crippen LogP contribution in [0.25, 0.3) is 0 Å². The number of hydrogen-bond acceptors (Lipinski definition) is 3. The maximum atomic E-state index is 13.7. The molecule has 5 N–H and O–H groups in total. The lowest BCUT2D eigenvalue weighted by atomic mass is 9.66. The van der Waals surface area contributed by atoms with Crippen molar-refractivity contribution in [3.05, 3.63) is 0 Å². The summed E-state index contributed by atoms with van der Waals surface area (Å²) in [6, 6.07) is 1.67. The van der Waals surface area contributed by atoms with E-state index in [4.69, 9.17) is 4.74 Å². The van der Waals surface area contributed by atoms with Gasteiger partial charge in [0.15, 0.2) is 0 Å². The zero-order valence-corrected chi connectivity index (χ0v) is 23.0. The molecule has 202 valence electrons. The van der Waals surface area contributed by atoms with E-state index >= 15 is 0 Å². The SMILES string of the molecule is CC1(C)CC(NC(=O)COC2CCC3C(C2)C2CC[NH2+]C4C5CCCCC5C(=O)N3C24)CC(C)(C)[NH2+]1. The highest BCUT2D eigenvalue weighted by molar-refractivity contribution is 5.82. The smallest absolute Gasteiger partial charge is 0.246 e. The minimum Gasteiger partial charge on any atom is -0.368 e. The number of nitrogens with zero attached hydrogens (tertiary/aromatic N) is 1. The van der Waals surface area contributed by atoms with Crippen LogP contribution >= 0.6 is 0 Å². The number of nitrogens with two attached hydrogens (primary N) is 2. The number of rotatable bonds is 4. The fourth-order valence-electron chi connectivity index (χ4n) is 10.2. The predicted molar refractivity (Wildman–Crippen MR) is 137 cm³/mol. The summed E-state index contributed by atoms with van der Waals surface area (Å²) in [5.41, 5.74) is 0.273. The minimum atomic E-state index is 0.0334. The van der Waals surface area contributed by atoms with E-state index in [0.29, 0.717) is 41.8 Å². The fraction of sp³-hybridized carbons (Fsp3) is 0.931. The van der Waals surface area contributed by atoms with Gasteiger partial charge in [-0.25, -0.2) is 0 Å². The Balaban J connectivity index is 1.07. The van der Waals surface area contributed by atoms with E-state index in [1.807, 2.05) is 0 Å². The molecule has 0 aromatic heterocycles. The quantitative estimate of drug-likeness (QED) is 0.534. The monoisotopic (exact) mass is 502 g/mol. The number of quaternary nitrogens is 2. The molecule has 0 bridgehead atoms. The van der Waals surface area contributed by atoms with E-state index in [-0.39, 0.29) is 41.7 Å². The Kier molecular flexibility index (Phi) is 6.44. The molecule has 2 amide bonds. The number of carbonyl (C=O) groups excluding carboxylic acids is 2. The second-order valence-corrected chi connectivity index (χ2v) is 14.6. The van der Waals surface area contributed by atoms with Crippen molar-refractivity contribution in [2.45, 2.75) is 133 Å². The van der Waals surface area contributed by atoms with Crippen molar-refractivity contribution in [3.8, 4) is 0 Å². The van der Waals surface area contributed by atoms with E-state index in [0.717, 1.165) is 38.5 Å². The van der Waals surface area contributed by atoms with Gasteiger partial charge in [-0.1, -0.05) is 12.8 Å². The van der Waals surface area contributed by atoms with Crippen LogP contribution in [0.5, 0.6) is 0 Å². The van der Waals surface area contributed by atoms with Gasteiger partial charge in [0.2, 0.25) is 11.8 Å². The largest absolute Gasteiger partial charge is 0.368 e. The molecule has 7 nitrogen and oxygen atoms in total. The van der Waals surface area contributed by atoms with Crippen LogP contribution in [0.1, 0.15) is 91.9 Å². The van der Waals surface area contributed by atoms with Gasteiger partial charge >= 0.3 is 0 Å². The third-order valence-electron chi connectivity index (χ3n) is 10.8. The lowest BCUT2D eigenvalue weighted by Crippen LogP contribution is -3.06. The summed E-state index contributed by atoms with van der Waals surface area (Å²) in [6.07, 6.45) is 11.3. The highest BCUT2D eigenvalue weighted by atomic mass is 16.5. The fourth-order valence-corrected chi connectivity index (χ4v) is 10.2. The first-order valence-corrected chi connectivity index (χ1v) is 15.1. The molecule has 8 unspecified atom stereocenters. The summed E-state index contributed by atoms with van der Waals surface area (Å²) in [7, 11) is 0. The molecule has 4 heterocycles. The van der Waals surface area contributed by atoms with Crippen LogP contribution in [0.4, 0.5) is 0 Å². The molecule has 6 aliphatic rings. The number of piperidine rings is 3. The zero-order valence-electron chi connectivity index (χ0n) is 23.0. The average Bonchev–Trinajstić information content (AvgIpc) is 3.14. The van der Waals surface area contributed by atoms with Crippen molar-refractivity contribution in [3.63, 3.8) is 0 Å². The van der Waals surface area contributed by atoms with Crippen LogP contribution < -0.4 is 16.0 Å². The predicted octanol–water partition coefficient (Wildman–Crippen LogP) is 0.922. The number of nitrogens with one attached hydrogen (secondary N) is 1. The van der Waals surface area contributed by atoms with Gasteiger partial charge in [-0.15, -0.1) is 0 Å². The first-order chi connectivity index (χ1) is 17.1. The third-order valence-corrected chi connectivity index (χ3v) is 10.8. The Labute approximate surface area is 217 Å². The number of amides is 2. The molecule has 0 aromatic carbocycles. The molecule has 4 saturated heterocycles. The Morgan fingerprint density at radius 1 is 1.00 bits per heavy atom. The summed E-state index contributed by atoms with van der Waals surface area (Å²) in [4.78, 5) is 29.0. The second-order valence-electron chi connectivity index (χ2n) is 14.6. The number of ether oxygens (including phenoxy) is 1. The molecular weight excluding hydrogens is 452 g/mol. The van der Waals surface area contributed by atoms with Gasteiger partial charge in [-0.05, 0) is 71.6 Å². The highest BCUT2D eigenvalue weighted by Gasteiger charge is 2.63. The Morgan fingerprint density at radius 2 is 1.75 bits per heavy atom. The number of carbonyl (C=O) groups is 2. The lowest BCUT2D eigenvalue weighted by molar-refractivity contribution is -0.788. The van der Waals surface area contributed by atoms with Crippen molar-refractivity contribution >= 4 is 11.8 Å². The first kappa shape index (κ1) is 25.1. The van der Waals surface area contributed by atoms with Gasteiger partial charge in [0.25, 0.3) is 0 Å². The van der Waals surface area contributed by atoms with Crippen LogP contribution in [0.2, 0.25) is 0 Å². The molecule has 4 aliphatic heterocycles. The molecule has 7 heteroatoms. The van der Waals surface area contributed by atoms with E-state index in [1.54, 1.807) is 0 Å². The van der Waals surface area contributed by atoms with E-state index in [1.165, 1.54) is 32.2 Å². The molecular formula is C29H50N4O3+2. The van der Waals surface area contributed by atoms with Crippen molar-refractivity contribution in [1.82, 2.24) is 10.2 Å². The maximum absolute atomic E-state index is 13.7. The van der Waals surface area contributed by atoms with Gasteiger partial charge in [0.1, 0.15) is 12.6 Å². The van der Waals surface area contributed by atoms with Crippen LogP contribution in [0, 0.1) is 23.7 Å². The van der Waals surface area contributed by atoms with Gasteiger partial charge in [0.05, 0.1) is 29.8 Å². The van der Waals surface area contributed by atoms with Crippen LogP contribution in [0.15, 0.2) is 0 Å². The van der Waals surface area contributed by atoms with Gasteiger partial charge in [-0.3, -0.25) is 9.59 Å². The van der Waals surface area contributed by atoms with Gasteiger partial charge < -0.3 is 25.6 Å². The molecule has 0 spiro atoms. The summed E-state index contributed by atoms with van der Waals surface area (Å²) in [5.74, 6) is 2.57. The van der Waals surface area contributed by atoms with Gasteiger partial charge in [-0.2, -0.15) is 0 Å². The number of fused-ring (bicyclic) bond motifs is 5. The third kappa shape index (κ3) is 4.51. The molecule has 6 rings (SSSR count). The topological polar surface area (TPSA) is 91.9 Å². The zero-order chi connectivity index (χ0) is 25.2. The second kappa shape index (κ2) is 9.23. The van der Waals surface area contributed by atoms with Gasteiger partial charge in [0, 0.05) is 43.2 Å². The molecule has 2 saturated carbocycles. The lowest BCUT2D eigenvalue weighted by Gasteiger charge is -2.50. The van der Waals surface area contributed by atoms with Crippen LogP contribution in [-0.4, -0.2) is 71.2 Å². The van der Waals surface area contributed by atoms with Crippen molar-refractivity contribution < 1.29 is 25.0 Å². The Morgan fingerprint density at radius 3 is 2.53 bits per heavy atom. The van der Waals surface area contributed by atoms with Crippen molar-refractivity contribution in [2.75, 3.05) is 13.2 Å². The molecule has 2 aliphatic carbocycles. The van der Waals surface area contributed by atoms with E-state index in [9.17, 15) is 9.59 Å². The van der Waals surface area contributed by atoms with E-state index in [2.05, 4.69) is 48.5 Å². The van der Waals surface area contributed by atoms with Crippen molar-refractivity contribution in [1.29, 1.82) is 0 Å². The highest BCUT2D eigenvalue weighted by Crippen LogP contribution is 2.52. The normalized spacial score (nSPS) is 43.3. The summed E-state index contributed by atoms with van der Waals surface area (Å²) >= 11 is 0. The molecule has 0 aromatic rings. The molecule has 6 fully saturated rings. The minimum absolute atomic E-state index is 0.0334. The Bertz CT molecular complexity index is 859. The standard InChI is InChI=1S/C29H48N4O3/c1-28(2)14-17(15-29(3,4)32-28)31-24(34)16-36-18-9-10-23-22(13-18)20-11-12-30-25-19-7-5-6-8-21(19)27(35)33(23)26(20)25/h17-23,25-26,30,32H,5-16H2,1-4H3,(H,31,34)/p+2. The summed E-state index contributed by atoms with van der Waals surface area (Å²) in [6.45, 7) is 10.4. The Hall–Kier alpha value is -1.18. The maximum Gasteiger partial charge on any atom is 0.246 e. The van der Waals surface area contributed by atoms with Crippen LogP contribution in [0.3, 0.4) is 0 Å². The van der Waals surface area contributed by atoms with Crippen molar-refractivity contribution in [2.24, 2.45) is 23.7 Å². The molecule has 8 atom stereocenters. The summed E-state index contributed by atoms with van der Waals surface area (Å²) < 4.78 is 6.28. The average molecular weight is 503 g/mol. The molecule has 36 heavy (non-hydrogen) atoms.